The lowest BCUT2D eigenvalue weighted by molar-refractivity contribution is 0.406. The van der Waals surface area contributed by atoms with Crippen LogP contribution in [0, 0.1) is 16.7 Å². The molecule has 0 saturated carbocycles. The fraction of sp³-hybridized carbons (Fsp3) is 0.400. The fourth-order valence-corrected chi connectivity index (χ4v) is 3.42. The summed E-state index contributed by atoms with van der Waals surface area (Å²) in [7, 11) is 0. The third-order valence-electron chi connectivity index (χ3n) is 2.67. The Labute approximate surface area is 137 Å². The molecule has 4 nitrogen and oxygen atoms in total. The van der Waals surface area contributed by atoms with Gasteiger partial charge in [-0.25, -0.2) is 9.97 Å². The van der Waals surface area contributed by atoms with Crippen molar-refractivity contribution >= 4 is 33.2 Å². The number of rotatable bonds is 4. The summed E-state index contributed by atoms with van der Waals surface area (Å²) in [4.78, 5) is 12.0. The van der Waals surface area contributed by atoms with Crippen molar-refractivity contribution in [2.45, 2.75) is 27.3 Å². The van der Waals surface area contributed by atoms with E-state index < -0.39 is 0 Å². The van der Waals surface area contributed by atoms with Gasteiger partial charge >= 0.3 is 0 Å². The third-order valence-corrected chi connectivity index (χ3v) is 4.36. The minimum atomic E-state index is 0.112. The monoisotopic (exact) mass is 364 g/mol. The number of thiophene rings is 1. The number of nitriles is 1. The molecule has 2 rings (SSSR count). The van der Waals surface area contributed by atoms with E-state index in [1.165, 1.54) is 4.88 Å². The number of hydrogen-bond donors (Lipinski definition) is 0. The zero-order valence-electron chi connectivity index (χ0n) is 12.3. The first-order valence-electron chi connectivity index (χ1n) is 6.58. The molecule has 110 valence electrons. The van der Waals surface area contributed by atoms with Gasteiger partial charge in [-0.15, -0.1) is 11.3 Å². The number of hydrogen-bond acceptors (Lipinski definition) is 5. The molecule has 2 aromatic heterocycles. The second kappa shape index (κ2) is 6.54. The Bertz CT molecular complexity index is 654. The van der Waals surface area contributed by atoms with E-state index in [9.17, 15) is 0 Å². The lowest BCUT2D eigenvalue weighted by Crippen LogP contribution is -2.33. The van der Waals surface area contributed by atoms with Crippen LogP contribution in [0.15, 0.2) is 28.2 Å². The van der Waals surface area contributed by atoms with Crippen LogP contribution >= 0.6 is 27.3 Å². The largest absolute Gasteiger partial charge is 0.335 e. The average molecular weight is 365 g/mol. The van der Waals surface area contributed by atoms with Crippen LogP contribution < -0.4 is 4.90 Å². The first-order valence-corrected chi connectivity index (χ1v) is 8.26. The lowest BCUT2D eigenvalue weighted by atomic mass is 9.96. The highest BCUT2D eigenvalue weighted by Crippen LogP contribution is 2.25. The Kier molecular flexibility index (Phi) is 4.96. The van der Waals surface area contributed by atoms with E-state index in [0.29, 0.717) is 11.6 Å². The van der Waals surface area contributed by atoms with Gasteiger partial charge in [-0.3, -0.25) is 0 Å². The van der Waals surface area contributed by atoms with Gasteiger partial charge in [0.15, 0.2) is 0 Å². The van der Waals surface area contributed by atoms with Crippen molar-refractivity contribution in [1.29, 1.82) is 5.26 Å². The molecule has 0 amide bonds. The third kappa shape index (κ3) is 4.80. The van der Waals surface area contributed by atoms with Crippen molar-refractivity contribution in [1.82, 2.24) is 9.97 Å². The van der Waals surface area contributed by atoms with Gasteiger partial charge in [-0.05, 0) is 33.5 Å². The smallest absolute Gasteiger partial charge is 0.226 e. The molecule has 0 atom stereocenters. The summed E-state index contributed by atoms with van der Waals surface area (Å²) in [6.45, 7) is 8.09. The van der Waals surface area contributed by atoms with Crippen LogP contribution in [0.3, 0.4) is 0 Å². The summed E-state index contributed by atoms with van der Waals surface area (Å²) < 4.78 is 1.09. The second-order valence-electron chi connectivity index (χ2n) is 6.00. The molecule has 2 aromatic rings. The highest BCUT2D eigenvalue weighted by atomic mass is 79.9. The molecule has 0 spiro atoms. The van der Waals surface area contributed by atoms with E-state index in [1.54, 1.807) is 23.6 Å². The lowest BCUT2D eigenvalue weighted by Gasteiger charge is -2.29. The molecule has 21 heavy (non-hydrogen) atoms. The van der Waals surface area contributed by atoms with Crippen LogP contribution in [-0.2, 0) is 6.54 Å². The van der Waals surface area contributed by atoms with Crippen molar-refractivity contribution < 1.29 is 0 Å². The van der Waals surface area contributed by atoms with Crippen LogP contribution in [0.5, 0.6) is 0 Å². The summed E-state index contributed by atoms with van der Waals surface area (Å²) in [5, 5.41) is 11.1. The van der Waals surface area contributed by atoms with E-state index >= 15 is 0 Å². The number of nitrogens with zero attached hydrogens (tertiary/aromatic N) is 4. The molecule has 0 radical (unpaired) electrons. The molecule has 0 unspecified atom stereocenters. The standard InChI is InChI=1S/C15H17BrN4S/c1-15(2,3)10-20(8-13-6-11(16)9-21-13)14-18-5-4-12(7-17)19-14/h4-6,9H,8,10H2,1-3H3. The highest BCUT2D eigenvalue weighted by Gasteiger charge is 2.20. The SMILES string of the molecule is CC(C)(C)CN(Cc1cc(Br)cs1)c1nccc(C#N)n1. The Balaban J connectivity index is 2.28. The van der Waals surface area contributed by atoms with E-state index in [-0.39, 0.29) is 5.41 Å². The summed E-state index contributed by atoms with van der Waals surface area (Å²) in [6.07, 6.45) is 1.64. The highest BCUT2D eigenvalue weighted by molar-refractivity contribution is 9.10. The Hall–Kier alpha value is -1.45. The fourth-order valence-electron chi connectivity index (χ4n) is 1.96. The summed E-state index contributed by atoms with van der Waals surface area (Å²) >= 11 is 5.18. The maximum absolute atomic E-state index is 9.01. The molecule has 0 aromatic carbocycles. The van der Waals surface area contributed by atoms with Crippen LogP contribution in [0.25, 0.3) is 0 Å². The van der Waals surface area contributed by atoms with E-state index in [0.717, 1.165) is 17.6 Å². The summed E-state index contributed by atoms with van der Waals surface area (Å²) in [5.74, 6) is 0.605. The van der Waals surface area contributed by atoms with E-state index in [1.807, 2.05) is 0 Å². The van der Waals surface area contributed by atoms with Crippen LogP contribution in [-0.4, -0.2) is 16.5 Å². The Morgan fingerprint density at radius 3 is 2.76 bits per heavy atom. The average Bonchev–Trinajstić information content (AvgIpc) is 2.82. The van der Waals surface area contributed by atoms with Crippen molar-refractivity contribution in [2.24, 2.45) is 5.41 Å². The van der Waals surface area contributed by atoms with Gasteiger partial charge in [0.1, 0.15) is 11.8 Å². The van der Waals surface area contributed by atoms with Crippen molar-refractivity contribution in [3.8, 4) is 6.07 Å². The molecule has 0 N–H and O–H groups in total. The first kappa shape index (κ1) is 15.9. The van der Waals surface area contributed by atoms with Gasteiger partial charge in [0.25, 0.3) is 0 Å². The molecule has 0 bridgehead atoms. The molecule has 0 aliphatic carbocycles. The van der Waals surface area contributed by atoms with Crippen molar-refractivity contribution in [2.75, 3.05) is 11.4 Å². The molecule has 0 aliphatic rings. The zero-order chi connectivity index (χ0) is 15.5. The number of anilines is 1. The van der Waals surface area contributed by atoms with Crippen LogP contribution in [0.4, 0.5) is 5.95 Å². The minimum Gasteiger partial charge on any atom is -0.335 e. The summed E-state index contributed by atoms with van der Waals surface area (Å²) in [6, 6.07) is 5.80. The normalized spacial score (nSPS) is 11.2. The minimum absolute atomic E-state index is 0.112. The topological polar surface area (TPSA) is 52.8 Å². The molecule has 0 aliphatic heterocycles. The van der Waals surface area contributed by atoms with Crippen molar-refractivity contribution in [3.05, 3.63) is 38.8 Å². The number of aromatic nitrogens is 2. The predicted molar refractivity (Wildman–Crippen MR) is 89.3 cm³/mol. The Morgan fingerprint density at radius 2 is 2.19 bits per heavy atom. The van der Waals surface area contributed by atoms with Gasteiger partial charge in [-0.2, -0.15) is 5.26 Å². The van der Waals surface area contributed by atoms with E-state index in [2.05, 4.69) is 69.1 Å². The van der Waals surface area contributed by atoms with Gasteiger partial charge in [0, 0.05) is 27.5 Å². The maximum Gasteiger partial charge on any atom is 0.226 e. The van der Waals surface area contributed by atoms with Crippen molar-refractivity contribution in [3.63, 3.8) is 0 Å². The molecule has 0 saturated heterocycles. The van der Waals surface area contributed by atoms with Gasteiger partial charge in [0.05, 0.1) is 6.54 Å². The van der Waals surface area contributed by atoms with E-state index in [4.69, 9.17) is 5.26 Å². The molecular weight excluding hydrogens is 348 g/mol. The number of halogens is 1. The van der Waals surface area contributed by atoms with Gasteiger partial charge < -0.3 is 4.90 Å². The molecule has 2 heterocycles. The summed E-state index contributed by atoms with van der Waals surface area (Å²) in [5.41, 5.74) is 0.506. The quantitative estimate of drug-likeness (QED) is 0.814. The van der Waals surface area contributed by atoms with Crippen LogP contribution in [0.1, 0.15) is 31.3 Å². The maximum atomic E-state index is 9.01. The predicted octanol–water partition coefficient (Wildman–Crippen LogP) is 4.22. The molecule has 6 heteroatoms. The van der Waals surface area contributed by atoms with Crippen LogP contribution in [0.2, 0.25) is 0 Å². The Morgan fingerprint density at radius 1 is 1.43 bits per heavy atom. The molecular formula is C15H17BrN4S. The second-order valence-corrected chi connectivity index (χ2v) is 7.91. The van der Waals surface area contributed by atoms with Gasteiger partial charge in [0.2, 0.25) is 5.95 Å². The zero-order valence-corrected chi connectivity index (χ0v) is 14.7. The molecule has 0 fully saturated rings. The van der Waals surface area contributed by atoms with Gasteiger partial charge in [-0.1, -0.05) is 20.8 Å². The first-order chi connectivity index (χ1) is 9.87.